The van der Waals surface area contributed by atoms with E-state index >= 15 is 0 Å². The molecular weight excluding hydrogens is 248 g/mol. The van der Waals surface area contributed by atoms with E-state index in [4.69, 9.17) is 11.6 Å². The van der Waals surface area contributed by atoms with Gasteiger partial charge in [0.25, 0.3) is 0 Å². The van der Waals surface area contributed by atoms with E-state index in [1.54, 1.807) is 12.1 Å². The first-order valence-corrected chi connectivity index (χ1v) is 6.82. The fraction of sp³-hybridized carbons (Fsp3) is 0.500. The molecule has 0 aliphatic heterocycles. The highest BCUT2D eigenvalue weighted by Gasteiger charge is 2.07. The quantitative estimate of drug-likeness (QED) is 0.736. The summed E-state index contributed by atoms with van der Waals surface area (Å²) in [4.78, 5) is 11.7. The molecule has 2 amide bonds. The third-order valence-corrected chi connectivity index (χ3v) is 2.94. The number of carbonyl (C=O) groups excluding carboxylic acids is 1. The third kappa shape index (κ3) is 5.92. The lowest BCUT2D eigenvalue weighted by Crippen LogP contribution is -2.36. The lowest BCUT2D eigenvalue weighted by molar-refractivity contribution is 0.248. The zero-order valence-corrected chi connectivity index (χ0v) is 11.8. The summed E-state index contributed by atoms with van der Waals surface area (Å²) < 4.78 is 0. The van der Waals surface area contributed by atoms with Crippen LogP contribution in [0.3, 0.4) is 0 Å². The van der Waals surface area contributed by atoms with Crippen molar-refractivity contribution in [1.82, 2.24) is 5.32 Å². The first-order chi connectivity index (χ1) is 8.61. The van der Waals surface area contributed by atoms with E-state index in [-0.39, 0.29) is 12.1 Å². The van der Waals surface area contributed by atoms with Crippen LogP contribution in [-0.2, 0) is 0 Å². The SMILES string of the molecule is CCCCCC(C)NC(=O)Nc1cccc(Cl)c1. The van der Waals surface area contributed by atoms with Crippen LogP contribution in [0.5, 0.6) is 0 Å². The summed E-state index contributed by atoms with van der Waals surface area (Å²) in [5, 5.41) is 6.30. The van der Waals surface area contributed by atoms with Gasteiger partial charge in [-0.05, 0) is 31.5 Å². The number of unbranched alkanes of at least 4 members (excludes halogenated alkanes) is 2. The largest absolute Gasteiger partial charge is 0.335 e. The number of urea groups is 1. The number of nitrogens with one attached hydrogen (secondary N) is 2. The Bertz CT molecular complexity index is 382. The van der Waals surface area contributed by atoms with Crippen LogP contribution in [0.15, 0.2) is 24.3 Å². The third-order valence-electron chi connectivity index (χ3n) is 2.70. The fourth-order valence-corrected chi connectivity index (χ4v) is 1.92. The van der Waals surface area contributed by atoms with Crippen molar-refractivity contribution in [2.45, 2.75) is 45.6 Å². The van der Waals surface area contributed by atoms with Crippen molar-refractivity contribution < 1.29 is 4.79 Å². The van der Waals surface area contributed by atoms with Crippen molar-refractivity contribution in [1.29, 1.82) is 0 Å². The molecule has 1 aromatic carbocycles. The van der Waals surface area contributed by atoms with Gasteiger partial charge in [-0.1, -0.05) is 43.9 Å². The van der Waals surface area contributed by atoms with Crippen LogP contribution in [0.25, 0.3) is 0 Å². The average Bonchev–Trinajstić information content (AvgIpc) is 2.29. The van der Waals surface area contributed by atoms with E-state index in [0.29, 0.717) is 10.7 Å². The van der Waals surface area contributed by atoms with Gasteiger partial charge in [-0.25, -0.2) is 4.79 Å². The van der Waals surface area contributed by atoms with E-state index < -0.39 is 0 Å². The number of hydrogen-bond acceptors (Lipinski definition) is 1. The molecule has 1 rings (SSSR count). The highest BCUT2D eigenvalue weighted by molar-refractivity contribution is 6.30. The van der Waals surface area contributed by atoms with Crippen LogP contribution >= 0.6 is 11.6 Å². The van der Waals surface area contributed by atoms with Crippen molar-refractivity contribution in [3.63, 3.8) is 0 Å². The van der Waals surface area contributed by atoms with Gasteiger partial charge in [0, 0.05) is 16.8 Å². The van der Waals surface area contributed by atoms with Gasteiger partial charge in [0.15, 0.2) is 0 Å². The minimum absolute atomic E-state index is 0.179. The molecule has 0 radical (unpaired) electrons. The molecule has 0 aliphatic rings. The second kappa shape index (κ2) is 7.98. The Kier molecular flexibility index (Phi) is 6.58. The van der Waals surface area contributed by atoms with E-state index in [1.807, 2.05) is 19.1 Å². The van der Waals surface area contributed by atoms with Gasteiger partial charge in [0.05, 0.1) is 0 Å². The molecule has 0 saturated carbocycles. The minimum atomic E-state index is -0.179. The molecule has 2 N–H and O–H groups in total. The Morgan fingerprint density at radius 3 is 2.83 bits per heavy atom. The molecule has 0 fully saturated rings. The highest BCUT2D eigenvalue weighted by Crippen LogP contribution is 2.14. The summed E-state index contributed by atoms with van der Waals surface area (Å²) in [5.41, 5.74) is 0.709. The topological polar surface area (TPSA) is 41.1 Å². The summed E-state index contributed by atoms with van der Waals surface area (Å²) in [6.07, 6.45) is 4.56. The predicted octanol–water partition coefficient (Wildman–Crippen LogP) is 4.43. The molecule has 0 aromatic heterocycles. The first kappa shape index (κ1) is 14.8. The number of halogens is 1. The van der Waals surface area contributed by atoms with E-state index in [1.165, 1.54) is 12.8 Å². The van der Waals surface area contributed by atoms with Crippen LogP contribution in [0, 0.1) is 0 Å². The first-order valence-electron chi connectivity index (χ1n) is 6.45. The Balaban J connectivity index is 2.32. The maximum absolute atomic E-state index is 11.7. The van der Waals surface area contributed by atoms with E-state index in [0.717, 1.165) is 12.8 Å². The Labute approximate surface area is 114 Å². The average molecular weight is 269 g/mol. The van der Waals surface area contributed by atoms with Crippen molar-refractivity contribution in [3.8, 4) is 0 Å². The summed E-state index contributed by atoms with van der Waals surface area (Å²) in [6.45, 7) is 4.19. The zero-order valence-electron chi connectivity index (χ0n) is 11.0. The minimum Gasteiger partial charge on any atom is -0.335 e. The van der Waals surface area contributed by atoms with Crippen LogP contribution in [0.1, 0.15) is 39.5 Å². The fourth-order valence-electron chi connectivity index (χ4n) is 1.73. The van der Waals surface area contributed by atoms with Crippen LogP contribution < -0.4 is 10.6 Å². The molecule has 1 aromatic rings. The maximum Gasteiger partial charge on any atom is 0.319 e. The predicted molar refractivity (Wildman–Crippen MR) is 77.2 cm³/mol. The number of anilines is 1. The molecule has 0 heterocycles. The number of hydrogen-bond donors (Lipinski definition) is 2. The Hall–Kier alpha value is -1.22. The smallest absolute Gasteiger partial charge is 0.319 e. The van der Waals surface area contributed by atoms with Gasteiger partial charge in [-0.2, -0.15) is 0 Å². The van der Waals surface area contributed by atoms with Crippen LogP contribution in [0.2, 0.25) is 5.02 Å². The van der Waals surface area contributed by atoms with Gasteiger partial charge >= 0.3 is 6.03 Å². The number of rotatable bonds is 6. The molecule has 100 valence electrons. The summed E-state index contributed by atoms with van der Waals surface area (Å²) >= 11 is 5.85. The van der Waals surface area contributed by atoms with Crippen LogP contribution in [-0.4, -0.2) is 12.1 Å². The molecule has 3 nitrogen and oxygen atoms in total. The van der Waals surface area contributed by atoms with Crippen molar-refractivity contribution >= 4 is 23.3 Å². The second-order valence-electron chi connectivity index (χ2n) is 4.51. The monoisotopic (exact) mass is 268 g/mol. The Morgan fingerprint density at radius 1 is 1.39 bits per heavy atom. The molecule has 0 saturated heterocycles. The Morgan fingerprint density at radius 2 is 2.17 bits per heavy atom. The molecule has 0 aliphatic carbocycles. The lowest BCUT2D eigenvalue weighted by atomic mass is 10.1. The highest BCUT2D eigenvalue weighted by atomic mass is 35.5. The molecule has 0 spiro atoms. The van der Waals surface area contributed by atoms with Gasteiger partial charge in [-0.3, -0.25) is 0 Å². The summed E-state index contributed by atoms with van der Waals surface area (Å²) in [5.74, 6) is 0. The van der Waals surface area contributed by atoms with E-state index in [9.17, 15) is 4.79 Å². The molecule has 0 bridgehead atoms. The van der Waals surface area contributed by atoms with Crippen molar-refractivity contribution in [2.75, 3.05) is 5.32 Å². The summed E-state index contributed by atoms with van der Waals surface area (Å²) in [6, 6.07) is 7.13. The van der Waals surface area contributed by atoms with Gasteiger partial charge in [0.2, 0.25) is 0 Å². The molecule has 1 atom stereocenters. The zero-order chi connectivity index (χ0) is 13.4. The standard InChI is InChI=1S/C14H21ClN2O/c1-3-4-5-7-11(2)16-14(18)17-13-9-6-8-12(15)10-13/h6,8-11H,3-5,7H2,1-2H3,(H2,16,17,18). The maximum atomic E-state index is 11.7. The lowest BCUT2D eigenvalue weighted by Gasteiger charge is -2.14. The van der Waals surface area contributed by atoms with E-state index in [2.05, 4.69) is 17.6 Å². The van der Waals surface area contributed by atoms with Gasteiger partial charge in [0.1, 0.15) is 0 Å². The molecule has 18 heavy (non-hydrogen) atoms. The van der Waals surface area contributed by atoms with Gasteiger partial charge in [-0.15, -0.1) is 0 Å². The molecule has 4 heteroatoms. The number of benzene rings is 1. The second-order valence-corrected chi connectivity index (χ2v) is 4.94. The number of amides is 2. The number of carbonyl (C=O) groups is 1. The molecule has 1 unspecified atom stereocenters. The van der Waals surface area contributed by atoms with Crippen molar-refractivity contribution in [3.05, 3.63) is 29.3 Å². The summed E-state index contributed by atoms with van der Waals surface area (Å²) in [7, 11) is 0. The van der Waals surface area contributed by atoms with Crippen molar-refractivity contribution in [2.24, 2.45) is 0 Å². The van der Waals surface area contributed by atoms with Gasteiger partial charge < -0.3 is 10.6 Å². The normalized spacial score (nSPS) is 11.9. The molecular formula is C14H21ClN2O. The van der Waals surface area contributed by atoms with Crippen LogP contribution in [0.4, 0.5) is 10.5 Å².